The van der Waals surface area contributed by atoms with Crippen LogP contribution in [-0.4, -0.2) is 10.9 Å². The number of rotatable bonds is 4. The van der Waals surface area contributed by atoms with Crippen LogP contribution < -0.4 is 5.32 Å². The minimum absolute atomic E-state index is 0.135. The molecular weight excluding hydrogens is 316 g/mol. The van der Waals surface area contributed by atoms with Crippen LogP contribution in [0.2, 0.25) is 0 Å². The zero-order chi connectivity index (χ0) is 14.4. The summed E-state index contributed by atoms with van der Waals surface area (Å²) in [6.07, 6.45) is 3.30. The number of benzene rings is 1. The molecule has 0 aliphatic carbocycles. The molecule has 0 bridgehead atoms. The second kappa shape index (κ2) is 7.01. The minimum atomic E-state index is -0.135. The highest BCUT2D eigenvalue weighted by molar-refractivity contribution is 9.10. The molecule has 1 aromatic carbocycles. The summed E-state index contributed by atoms with van der Waals surface area (Å²) < 4.78 is 0.962. The van der Waals surface area contributed by atoms with Gasteiger partial charge < -0.3 is 5.32 Å². The zero-order valence-corrected chi connectivity index (χ0v) is 12.7. The Bertz CT molecular complexity index is 638. The van der Waals surface area contributed by atoms with Gasteiger partial charge >= 0.3 is 0 Å². The summed E-state index contributed by atoms with van der Waals surface area (Å²) in [4.78, 5) is 16.1. The maximum atomic E-state index is 11.7. The number of hydrogen-bond donors (Lipinski definition) is 1. The van der Waals surface area contributed by atoms with Gasteiger partial charge in [-0.15, -0.1) is 0 Å². The molecule has 2 aromatic rings. The Morgan fingerprint density at radius 3 is 2.80 bits per heavy atom. The fourth-order valence-electron chi connectivity index (χ4n) is 1.71. The molecule has 0 radical (unpaired) electrons. The molecular formula is C16H15BrN2O. The van der Waals surface area contributed by atoms with Crippen LogP contribution in [0.15, 0.2) is 53.0 Å². The van der Waals surface area contributed by atoms with E-state index in [1.165, 1.54) is 6.08 Å². The van der Waals surface area contributed by atoms with Crippen LogP contribution in [0.5, 0.6) is 0 Å². The fraction of sp³-hybridized carbons (Fsp3) is 0.125. The van der Waals surface area contributed by atoms with Crippen molar-refractivity contribution in [3.8, 4) is 0 Å². The number of aromatic nitrogens is 1. The maximum Gasteiger partial charge on any atom is 0.244 e. The van der Waals surface area contributed by atoms with Gasteiger partial charge in [0.05, 0.1) is 12.2 Å². The van der Waals surface area contributed by atoms with Crippen LogP contribution >= 0.6 is 15.9 Å². The molecule has 0 fully saturated rings. The first-order chi connectivity index (χ1) is 9.65. The summed E-state index contributed by atoms with van der Waals surface area (Å²) in [5.41, 5.74) is 2.77. The van der Waals surface area contributed by atoms with Gasteiger partial charge in [-0.25, -0.2) is 0 Å². The smallest absolute Gasteiger partial charge is 0.244 e. The lowest BCUT2D eigenvalue weighted by atomic mass is 10.2. The molecule has 1 heterocycles. The Morgan fingerprint density at radius 2 is 2.05 bits per heavy atom. The van der Waals surface area contributed by atoms with Gasteiger partial charge in [0.15, 0.2) is 0 Å². The normalized spacial score (nSPS) is 10.7. The summed E-state index contributed by atoms with van der Waals surface area (Å²) in [5.74, 6) is -0.135. The lowest BCUT2D eigenvalue weighted by Crippen LogP contribution is -2.20. The van der Waals surface area contributed by atoms with E-state index >= 15 is 0 Å². The zero-order valence-electron chi connectivity index (χ0n) is 11.1. The minimum Gasteiger partial charge on any atom is -0.347 e. The molecule has 1 aromatic heterocycles. The second-order valence-electron chi connectivity index (χ2n) is 4.34. The number of halogens is 1. The Labute approximate surface area is 126 Å². The number of carbonyl (C=O) groups is 1. The Hall–Kier alpha value is -1.94. The molecule has 0 saturated heterocycles. The SMILES string of the molecule is Cc1cccc(CNC(=O)/C=C/c2ccccc2Br)n1. The number of aryl methyl sites for hydroxylation is 1. The van der Waals surface area contributed by atoms with Crippen molar-refractivity contribution in [3.63, 3.8) is 0 Å². The molecule has 102 valence electrons. The van der Waals surface area contributed by atoms with E-state index in [-0.39, 0.29) is 5.91 Å². The third kappa shape index (κ3) is 4.31. The van der Waals surface area contributed by atoms with Crippen LogP contribution in [0.25, 0.3) is 6.08 Å². The summed E-state index contributed by atoms with van der Waals surface area (Å²) in [6, 6.07) is 13.5. The van der Waals surface area contributed by atoms with Crippen molar-refractivity contribution >= 4 is 27.9 Å². The standard InChI is InChI=1S/C16H15BrN2O/c1-12-5-4-7-14(19-12)11-18-16(20)10-9-13-6-2-3-8-15(13)17/h2-10H,11H2,1H3,(H,18,20)/b10-9+. The van der Waals surface area contributed by atoms with Gasteiger partial charge in [0.25, 0.3) is 0 Å². The van der Waals surface area contributed by atoms with Crippen LogP contribution in [0.4, 0.5) is 0 Å². The average molecular weight is 331 g/mol. The van der Waals surface area contributed by atoms with Gasteiger partial charge in [-0.3, -0.25) is 9.78 Å². The van der Waals surface area contributed by atoms with E-state index in [4.69, 9.17) is 0 Å². The van der Waals surface area contributed by atoms with Crippen LogP contribution in [-0.2, 0) is 11.3 Å². The molecule has 0 unspecified atom stereocenters. The molecule has 3 nitrogen and oxygen atoms in total. The topological polar surface area (TPSA) is 42.0 Å². The molecule has 0 aliphatic rings. The van der Waals surface area contributed by atoms with E-state index in [2.05, 4.69) is 26.2 Å². The molecule has 0 saturated carbocycles. The van der Waals surface area contributed by atoms with Crippen molar-refractivity contribution in [2.45, 2.75) is 13.5 Å². The van der Waals surface area contributed by atoms with Gasteiger partial charge in [-0.2, -0.15) is 0 Å². The van der Waals surface area contributed by atoms with Crippen molar-refractivity contribution in [1.82, 2.24) is 10.3 Å². The predicted octanol–water partition coefficient (Wildman–Crippen LogP) is 3.48. The third-order valence-corrected chi connectivity index (χ3v) is 3.43. The van der Waals surface area contributed by atoms with Crippen molar-refractivity contribution in [2.75, 3.05) is 0 Å². The Kier molecular flexibility index (Phi) is 5.07. The molecule has 4 heteroatoms. The number of amides is 1. The molecule has 1 N–H and O–H groups in total. The van der Waals surface area contributed by atoms with Gasteiger partial charge in [0, 0.05) is 16.2 Å². The predicted molar refractivity (Wildman–Crippen MR) is 84.0 cm³/mol. The summed E-state index contributed by atoms with van der Waals surface area (Å²) in [6.45, 7) is 2.36. The highest BCUT2D eigenvalue weighted by Crippen LogP contribution is 2.16. The Balaban J connectivity index is 1.91. The largest absolute Gasteiger partial charge is 0.347 e. The molecule has 1 amide bonds. The van der Waals surface area contributed by atoms with Gasteiger partial charge in [-0.05, 0) is 36.8 Å². The van der Waals surface area contributed by atoms with Gasteiger partial charge in [0.2, 0.25) is 5.91 Å². The number of pyridine rings is 1. The van der Waals surface area contributed by atoms with Crippen LogP contribution in [0.1, 0.15) is 17.0 Å². The van der Waals surface area contributed by atoms with E-state index in [1.54, 1.807) is 6.08 Å². The van der Waals surface area contributed by atoms with E-state index < -0.39 is 0 Å². The molecule has 0 spiro atoms. The number of hydrogen-bond acceptors (Lipinski definition) is 2. The summed E-state index contributed by atoms with van der Waals surface area (Å²) in [7, 11) is 0. The number of nitrogens with one attached hydrogen (secondary N) is 1. The van der Waals surface area contributed by atoms with Gasteiger partial charge in [-0.1, -0.05) is 40.2 Å². The first kappa shape index (κ1) is 14.5. The summed E-state index contributed by atoms with van der Waals surface area (Å²) in [5, 5.41) is 2.81. The quantitative estimate of drug-likeness (QED) is 0.872. The average Bonchev–Trinajstić information content (AvgIpc) is 2.44. The molecule has 0 aliphatic heterocycles. The van der Waals surface area contributed by atoms with E-state index in [9.17, 15) is 4.79 Å². The van der Waals surface area contributed by atoms with Crippen molar-refractivity contribution in [1.29, 1.82) is 0 Å². The lowest BCUT2D eigenvalue weighted by molar-refractivity contribution is -0.116. The van der Waals surface area contributed by atoms with Crippen molar-refractivity contribution in [3.05, 3.63) is 70.0 Å². The summed E-state index contributed by atoms with van der Waals surface area (Å²) >= 11 is 3.44. The third-order valence-electron chi connectivity index (χ3n) is 2.71. The maximum absolute atomic E-state index is 11.7. The molecule has 2 rings (SSSR count). The molecule has 20 heavy (non-hydrogen) atoms. The molecule has 0 atom stereocenters. The monoisotopic (exact) mass is 330 g/mol. The fourth-order valence-corrected chi connectivity index (χ4v) is 2.13. The Morgan fingerprint density at radius 1 is 1.25 bits per heavy atom. The highest BCUT2D eigenvalue weighted by Gasteiger charge is 1.99. The van der Waals surface area contributed by atoms with Crippen molar-refractivity contribution in [2.24, 2.45) is 0 Å². The van der Waals surface area contributed by atoms with Crippen LogP contribution in [0, 0.1) is 6.92 Å². The first-order valence-electron chi connectivity index (χ1n) is 6.28. The van der Waals surface area contributed by atoms with Crippen LogP contribution in [0.3, 0.4) is 0 Å². The lowest BCUT2D eigenvalue weighted by Gasteiger charge is -2.03. The highest BCUT2D eigenvalue weighted by atomic mass is 79.9. The van der Waals surface area contributed by atoms with E-state index in [1.807, 2.05) is 49.4 Å². The van der Waals surface area contributed by atoms with E-state index in [0.29, 0.717) is 6.54 Å². The number of nitrogens with zero attached hydrogens (tertiary/aromatic N) is 1. The van der Waals surface area contributed by atoms with Gasteiger partial charge in [0.1, 0.15) is 0 Å². The number of carbonyl (C=O) groups excluding carboxylic acids is 1. The second-order valence-corrected chi connectivity index (χ2v) is 5.20. The van der Waals surface area contributed by atoms with Crippen molar-refractivity contribution < 1.29 is 4.79 Å². The van der Waals surface area contributed by atoms with E-state index in [0.717, 1.165) is 21.4 Å². The first-order valence-corrected chi connectivity index (χ1v) is 7.07.